The van der Waals surface area contributed by atoms with Gasteiger partial charge in [-0.3, -0.25) is 0 Å². The first-order chi connectivity index (χ1) is 6.27. The van der Waals surface area contributed by atoms with E-state index >= 15 is 0 Å². The van der Waals surface area contributed by atoms with E-state index in [1.54, 1.807) is 6.20 Å². The van der Waals surface area contributed by atoms with Crippen molar-refractivity contribution in [1.82, 2.24) is 15.2 Å². The van der Waals surface area contributed by atoms with Gasteiger partial charge >= 0.3 is 0 Å². The first-order valence-electron chi connectivity index (χ1n) is 3.66. The summed E-state index contributed by atoms with van der Waals surface area (Å²) in [5.74, 6) is 0.423. The molecule has 0 N–H and O–H groups in total. The molecule has 2 aromatic heterocycles. The van der Waals surface area contributed by atoms with Crippen LogP contribution in [0, 0.1) is 6.92 Å². The minimum atomic E-state index is 0.423. The van der Waals surface area contributed by atoms with Crippen LogP contribution in [0.1, 0.15) is 5.56 Å². The van der Waals surface area contributed by atoms with Gasteiger partial charge in [-0.15, -0.1) is 10.2 Å². The van der Waals surface area contributed by atoms with Gasteiger partial charge in [-0.1, -0.05) is 0 Å². The summed E-state index contributed by atoms with van der Waals surface area (Å²) in [7, 11) is 0. The van der Waals surface area contributed by atoms with Gasteiger partial charge in [0.05, 0.1) is 0 Å². The zero-order valence-electron chi connectivity index (χ0n) is 6.86. The lowest BCUT2D eigenvalue weighted by Gasteiger charge is -1.98. The maximum absolute atomic E-state index is 5.03. The second kappa shape index (κ2) is 3.26. The molecule has 0 saturated heterocycles. The van der Waals surface area contributed by atoms with Gasteiger partial charge in [0.25, 0.3) is 5.89 Å². The van der Waals surface area contributed by atoms with Crippen LogP contribution in [0.5, 0.6) is 0 Å². The van der Waals surface area contributed by atoms with E-state index in [0.29, 0.717) is 11.6 Å². The smallest absolute Gasteiger partial charge is 0.267 e. The molecule has 0 aliphatic rings. The molecule has 0 aliphatic carbocycles. The van der Waals surface area contributed by atoms with Gasteiger partial charge in [0.15, 0.2) is 0 Å². The Morgan fingerprint density at radius 2 is 2.31 bits per heavy atom. The third-order valence-electron chi connectivity index (χ3n) is 1.54. The van der Waals surface area contributed by atoms with Crippen molar-refractivity contribution in [3.8, 4) is 11.6 Å². The molecule has 0 saturated carbocycles. The van der Waals surface area contributed by atoms with Crippen LogP contribution in [0.2, 0.25) is 0 Å². The van der Waals surface area contributed by atoms with Crippen LogP contribution in [-0.2, 0) is 0 Å². The quantitative estimate of drug-likeness (QED) is 0.766. The number of halogens is 1. The fourth-order valence-corrected chi connectivity index (χ4v) is 1.60. The summed E-state index contributed by atoms with van der Waals surface area (Å²) < 4.78 is 5.88. The van der Waals surface area contributed by atoms with E-state index in [-0.39, 0.29) is 0 Å². The van der Waals surface area contributed by atoms with Gasteiger partial charge in [0.1, 0.15) is 5.69 Å². The number of pyridine rings is 1. The molecular weight excluding hydrogens is 234 g/mol. The summed E-state index contributed by atoms with van der Waals surface area (Å²) in [5.41, 5.74) is 1.75. The minimum absolute atomic E-state index is 0.423. The third kappa shape index (κ3) is 1.60. The van der Waals surface area contributed by atoms with Crippen LogP contribution in [0.25, 0.3) is 11.6 Å². The highest BCUT2D eigenvalue weighted by atomic mass is 79.9. The largest absolute Gasteiger partial charge is 0.422 e. The Kier molecular flexibility index (Phi) is 2.10. The second-order valence-corrected chi connectivity index (χ2v) is 3.44. The van der Waals surface area contributed by atoms with Crippen LogP contribution in [0.4, 0.5) is 0 Å². The molecule has 0 aromatic carbocycles. The number of hydrogen-bond donors (Lipinski definition) is 0. The summed E-state index contributed by atoms with van der Waals surface area (Å²) >= 11 is 3.38. The standard InChI is InChI=1S/C8H6BrN3O/c1-5-2-6(9)7(10-3-5)8-12-11-4-13-8/h2-4H,1H3. The lowest BCUT2D eigenvalue weighted by atomic mass is 10.3. The maximum Gasteiger partial charge on any atom is 0.267 e. The maximum atomic E-state index is 5.03. The molecule has 0 radical (unpaired) electrons. The molecular formula is C8H6BrN3O. The molecule has 66 valence electrons. The lowest BCUT2D eigenvalue weighted by Crippen LogP contribution is -1.86. The fraction of sp³-hybridized carbons (Fsp3) is 0.125. The van der Waals surface area contributed by atoms with Gasteiger partial charge < -0.3 is 4.42 Å². The molecule has 0 spiro atoms. The lowest BCUT2D eigenvalue weighted by molar-refractivity contribution is 0.566. The van der Waals surface area contributed by atoms with Crippen molar-refractivity contribution in [1.29, 1.82) is 0 Å². The van der Waals surface area contributed by atoms with E-state index in [1.807, 2.05) is 13.0 Å². The highest BCUT2D eigenvalue weighted by Crippen LogP contribution is 2.24. The summed E-state index contributed by atoms with van der Waals surface area (Å²) in [5, 5.41) is 7.35. The van der Waals surface area contributed by atoms with Gasteiger partial charge in [-0.05, 0) is 34.5 Å². The van der Waals surface area contributed by atoms with E-state index in [1.165, 1.54) is 6.39 Å². The van der Waals surface area contributed by atoms with Gasteiger partial charge in [-0.2, -0.15) is 0 Å². The van der Waals surface area contributed by atoms with Gasteiger partial charge in [0, 0.05) is 10.7 Å². The van der Waals surface area contributed by atoms with Crippen molar-refractivity contribution in [2.75, 3.05) is 0 Å². The van der Waals surface area contributed by atoms with Gasteiger partial charge in [0.2, 0.25) is 6.39 Å². The van der Waals surface area contributed by atoms with Crippen LogP contribution in [0.15, 0.2) is 27.5 Å². The monoisotopic (exact) mass is 239 g/mol. The summed E-state index contributed by atoms with van der Waals surface area (Å²) in [4.78, 5) is 4.18. The van der Waals surface area contributed by atoms with Crippen molar-refractivity contribution in [2.24, 2.45) is 0 Å². The average molecular weight is 240 g/mol. The van der Waals surface area contributed by atoms with Crippen LogP contribution >= 0.6 is 15.9 Å². The van der Waals surface area contributed by atoms with Crippen molar-refractivity contribution in [2.45, 2.75) is 6.92 Å². The number of aromatic nitrogens is 3. The molecule has 2 heterocycles. The molecule has 5 heteroatoms. The van der Waals surface area contributed by atoms with Crippen molar-refractivity contribution in [3.05, 3.63) is 28.7 Å². The number of rotatable bonds is 1. The summed E-state index contributed by atoms with van der Waals surface area (Å²) in [6.45, 7) is 1.97. The summed E-state index contributed by atoms with van der Waals surface area (Å²) in [6, 6.07) is 1.95. The number of aryl methyl sites for hydroxylation is 1. The Hall–Kier alpha value is -1.23. The zero-order valence-corrected chi connectivity index (χ0v) is 8.45. The Balaban J connectivity index is 2.53. The Morgan fingerprint density at radius 1 is 1.46 bits per heavy atom. The molecule has 0 fully saturated rings. The molecule has 2 rings (SSSR count). The van der Waals surface area contributed by atoms with Crippen LogP contribution in [-0.4, -0.2) is 15.2 Å². The zero-order chi connectivity index (χ0) is 9.26. The molecule has 0 bridgehead atoms. The van der Waals surface area contributed by atoms with E-state index < -0.39 is 0 Å². The van der Waals surface area contributed by atoms with E-state index in [9.17, 15) is 0 Å². The molecule has 0 atom stereocenters. The van der Waals surface area contributed by atoms with Crippen molar-refractivity contribution < 1.29 is 4.42 Å². The highest BCUT2D eigenvalue weighted by molar-refractivity contribution is 9.10. The molecule has 0 unspecified atom stereocenters. The molecule has 13 heavy (non-hydrogen) atoms. The first kappa shape index (κ1) is 8.37. The predicted octanol–water partition coefficient (Wildman–Crippen LogP) is 2.20. The van der Waals surface area contributed by atoms with Crippen molar-refractivity contribution in [3.63, 3.8) is 0 Å². The number of hydrogen-bond acceptors (Lipinski definition) is 4. The van der Waals surface area contributed by atoms with Crippen LogP contribution in [0.3, 0.4) is 0 Å². The molecule has 4 nitrogen and oxygen atoms in total. The SMILES string of the molecule is Cc1cnc(-c2nnco2)c(Br)c1. The summed E-state index contributed by atoms with van der Waals surface area (Å²) in [6.07, 6.45) is 3.04. The minimum Gasteiger partial charge on any atom is -0.422 e. The number of nitrogens with zero attached hydrogens (tertiary/aromatic N) is 3. The highest BCUT2D eigenvalue weighted by Gasteiger charge is 2.09. The Labute approximate surface area is 83.1 Å². The van der Waals surface area contributed by atoms with Gasteiger partial charge in [-0.25, -0.2) is 4.98 Å². The first-order valence-corrected chi connectivity index (χ1v) is 4.45. The van der Waals surface area contributed by atoms with E-state index in [0.717, 1.165) is 10.0 Å². The third-order valence-corrected chi connectivity index (χ3v) is 2.14. The Bertz CT molecular complexity index is 413. The molecule has 0 amide bonds. The normalized spacial score (nSPS) is 10.3. The fourth-order valence-electron chi connectivity index (χ4n) is 0.967. The second-order valence-electron chi connectivity index (χ2n) is 2.59. The predicted molar refractivity (Wildman–Crippen MR) is 50.0 cm³/mol. The molecule has 0 aliphatic heterocycles. The Morgan fingerprint density at radius 3 is 2.92 bits per heavy atom. The van der Waals surface area contributed by atoms with E-state index in [2.05, 4.69) is 31.1 Å². The van der Waals surface area contributed by atoms with E-state index in [4.69, 9.17) is 4.42 Å². The van der Waals surface area contributed by atoms with Crippen LogP contribution < -0.4 is 0 Å². The van der Waals surface area contributed by atoms with Crippen molar-refractivity contribution >= 4 is 15.9 Å². The average Bonchev–Trinajstić information content (AvgIpc) is 2.56. The topological polar surface area (TPSA) is 51.8 Å². The molecule has 2 aromatic rings.